The van der Waals surface area contributed by atoms with Gasteiger partial charge in [-0.1, -0.05) is 12.1 Å². The first-order chi connectivity index (χ1) is 24.7. The number of amides is 1. The number of aromatic nitrogens is 4. The SMILES string of the molecule is Cn1nc(C(F)(F)F)cc1-c1ccc(N)s1.Cn1nc(C(F)(F)F)cc1-c1ccc(NC(=O)c2c(F)cccc2F)s1.O=C(Cl)c1c(F)cccc1F. The fourth-order valence-electron chi connectivity index (χ4n) is 4.28. The predicted molar refractivity (Wildman–Crippen MR) is 178 cm³/mol. The Morgan fingerprint density at radius 2 is 1.09 bits per heavy atom. The van der Waals surface area contributed by atoms with E-state index in [9.17, 15) is 53.5 Å². The molecule has 2 aromatic carbocycles. The molecule has 0 spiro atoms. The minimum absolute atomic E-state index is 0.194. The maximum absolute atomic E-state index is 13.6. The van der Waals surface area contributed by atoms with E-state index in [1.54, 1.807) is 12.1 Å². The van der Waals surface area contributed by atoms with Crippen molar-refractivity contribution < 1.29 is 53.5 Å². The summed E-state index contributed by atoms with van der Waals surface area (Å²) in [6.45, 7) is 0. The van der Waals surface area contributed by atoms with Gasteiger partial charge in [0.05, 0.1) is 31.1 Å². The molecular formula is C32H21ClF10N6O2S2. The number of halogens is 11. The van der Waals surface area contributed by atoms with Crippen molar-refractivity contribution in [2.24, 2.45) is 14.1 Å². The number of carbonyl (C=O) groups excluding carboxylic acids is 2. The monoisotopic (exact) mass is 810 g/mol. The third-order valence-electron chi connectivity index (χ3n) is 6.66. The molecule has 0 radical (unpaired) electrons. The Bertz CT molecular complexity index is 2220. The molecule has 280 valence electrons. The number of anilines is 2. The second kappa shape index (κ2) is 16.2. The number of rotatable bonds is 5. The van der Waals surface area contributed by atoms with E-state index in [4.69, 9.17) is 17.3 Å². The predicted octanol–water partition coefficient (Wildman–Crippen LogP) is 9.79. The van der Waals surface area contributed by atoms with Crippen LogP contribution in [0.15, 0.2) is 72.8 Å². The number of alkyl halides is 6. The first kappa shape index (κ1) is 40.6. The van der Waals surface area contributed by atoms with Crippen LogP contribution in [0, 0.1) is 23.3 Å². The Morgan fingerprint density at radius 3 is 1.45 bits per heavy atom. The van der Waals surface area contributed by atoms with Gasteiger partial charge in [-0.25, -0.2) is 17.6 Å². The molecule has 0 fully saturated rings. The number of nitrogens with two attached hydrogens (primary N) is 1. The summed E-state index contributed by atoms with van der Waals surface area (Å²) in [5.74, 6) is -4.90. The Hall–Kier alpha value is -5.21. The van der Waals surface area contributed by atoms with Gasteiger partial charge in [-0.3, -0.25) is 19.0 Å². The molecule has 0 aliphatic heterocycles. The number of benzene rings is 2. The molecule has 0 aliphatic rings. The highest BCUT2D eigenvalue weighted by atomic mass is 35.5. The Kier molecular flexibility index (Phi) is 12.4. The molecule has 8 nitrogen and oxygen atoms in total. The molecule has 21 heteroatoms. The summed E-state index contributed by atoms with van der Waals surface area (Å²) in [6, 6.07) is 14.3. The number of aryl methyl sites for hydroxylation is 2. The van der Waals surface area contributed by atoms with Gasteiger partial charge in [0.25, 0.3) is 11.1 Å². The third-order valence-corrected chi connectivity index (χ3v) is 8.81. The van der Waals surface area contributed by atoms with Crippen LogP contribution in [0.4, 0.5) is 53.9 Å². The Labute approximate surface area is 305 Å². The van der Waals surface area contributed by atoms with Gasteiger partial charge in [0.1, 0.15) is 34.4 Å². The van der Waals surface area contributed by atoms with E-state index in [1.807, 2.05) is 0 Å². The number of hydrogen-bond donors (Lipinski definition) is 2. The molecule has 0 bridgehead atoms. The molecule has 0 atom stereocenters. The summed E-state index contributed by atoms with van der Waals surface area (Å²) in [6.07, 6.45) is -8.99. The van der Waals surface area contributed by atoms with Crippen molar-refractivity contribution in [1.82, 2.24) is 19.6 Å². The molecule has 0 saturated carbocycles. The van der Waals surface area contributed by atoms with Crippen molar-refractivity contribution >= 4 is 55.4 Å². The average molecular weight is 811 g/mol. The van der Waals surface area contributed by atoms with Crippen LogP contribution in [0.1, 0.15) is 32.1 Å². The summed E-state index contributed by atoms with van der Waals surface area (Å²) < 4.78 is 130. The van der Waals surface area contributed by atoms with Gasteiger partial charge in [0.2, 0.25) is 0 Å². The summed E-state index contributed by atoms with van der Waals surface area (Å²) in [5.41, 5.74) is 2.77. The zero-order chi connectivity index (χ0) is 39.4. The van der Waals surface area contributed by atoms with Crippen molar-refractivity contribution in [2.75, 3.05) is 11.1 Å². The number of carbonyl (C=O) groups is 2. The highest BCUT2D eigenvalue weighted by molar-refractivity contribution is 7.19. The minimum Gasteiger partial charge on any atom is -0.391 e. The molecule has 53 heavy (non-hydrogen) atoms. The van der Waals surface area contributed by atoms with Crippen molar-refractivity contribution in [2.45, 2.75) is 12.4 Å². The lowest BCUT2D eigenvalue weighted by Gasteiger charge is -2.04. The first-order valence-electron chi connectivity index (χ1n) is 14.2. The molecule has 4 aromatic heterocycles. The fourth-order valence-corrected chi connectivity index (χ4v) is 6.23. The smallest absolute Gasteiger partial charge is 0.391 e. The molecule has 0 unspecified atom stereocenters. The molecule has 4 heterocycles. The standard InChI is InChI=1S/C16H10F5N3OS.C9H8F3N3S.C7H3ClF2O/c1-24-10(7-12(23-24)16(19,20)21)11-5-6-13(26-11)22-15(25)14-8(17)3-2-4-9(14)18;1-15-5(6-2-3-8(13)16-6)4-7(14-15)9(10,11)12;8-7(11)6-4(9)2-1-3-5(6)10/h2-7H,1H3,(H,22,25);2-4H,13H2,1H3;1-3H. The third kappa shape index (κ3) is 10.0. The van der Waals surface area contributed by atoms with Gasteiger partial charge >= 0.3 is 12.4 Å². The molecule has 0 aliphatic carbocycles. The lowest BCUT2D eigenvalue weighted by molar-refractivity contribution is -0.142. The number of thiophene rings is 2. The maximum atomic E-state index is 13.6. The lowest BCUT2D eigenvalue weighted by Crippen LogP contribution is -2.14. The topological polar surface area (TPSA) is 108 Å². The van der Waals surface area contributed by atoms with Crippen LogP contribution in [0.3, 0.4) is 0 Å². The van der Waals surface area contributed by atoms with E-state index < -0.39 is 69.3 Å². The van der Waals surface area contributed by atoms with Gasteiger partial charge in [-0.15, -0.1) is 22.7 Å². The largest absolute Gasteiger partial charge is 0.435 e. The second-order valence-electron chi connectivity index (χ2n) is 10.4. The number of nitrogen functional groups attached to an aromatic ring is 1. The lowest BCUT2D eigenvalue weighted by atomic mass is 10.2. The van der Waals surface area contributed by atoms with Gasteiger partial charge in [-0.05, 0) is 72.3 Å². The van der Waals surface area contributed by atoms with Crippen molar-refractivity contribution in [1.29, 1.82) is 0 Å². The second-order valence-corrected chi connectivity index (χ2v) is 12.9. The zero-order valence-corrected chi connectivity index (χ0v) is 29.0. The van der Waals surface area contributed by atoms with Crippen LogP contribution in [0.2, 0.25) is 0 Å². The van der Waals surface area contributed by atoms with Crippen LogP contribution in [0.25, 0.3) is 21.1 Å². The Balaban J connectivity index is 0.000000197. The molecular weight excluding hydrogens is 790 g/mol. The van der Waals surface area contributed by atoms with E-state index >= 15 is 0 Å². The van der Waals surface area contributed by atoms with Crippen molar-refractivity contribution in [3.8, 4) is 21.1 Å². The minimum atomic E-state index is -4.58. The van der Waals surface area contributed by atoms with Crippen LogP contribution < -0.4 is 11.1 Å². The van der Waals surface area contributed by atoms with Crippen molar-refractivity contribution in [3.05, 3.63) is 119 Å². The first-order valence-corrected chi connectivity index (χ1v) is 16.3. The van der Waals surface area contributed by atoms with Gasteiger partial charge in [0.15, 0.2) is 11.4 Å². The highest BCUT2D eigenvalue weighted by Crippen LogP contribution is 2.36. The highest BCUT2D eigenvalue weighted by Gasteiger charge is 2.35. The molecule has 6 aromatic rings. The van der Waals surface area contributed by atoms with Gasteiger partial charge in [0, 0.05) is 14.1 Å². The van der Waals surface area contributed by atoms with E-state index in [1.165, 1.54) is 42.2 Å². The molecule has 1 amide bonds. The summed E-state index contributed by atoms with van der Waals surface area (Å²) in [5, 5.41) is 8.83. The van der Waals surface area contributed by atoms with E-state index in [-0.39, 0.29) is 10.7 Å². The molecule has 3 N–H and O–H groups in total. The van der Waals surface area contributed by atoms with E-state index in [0.717, 1.165) is 64.5 Å². The maximum Gasteiger partial charge on any atom is 0.435 e. The normalized spacial score (nSPS) is 11.3. The van der Waals surface area contributed by atoms with Crippen LogP contribution in [-0.2, 0) is 26.4 Å². The summed E-state index contributed by atoms with van der Waals surface area (Å²) in [4.78, 5) is 23.5. The number of hydrogen-bond acceptors (Lipinski definition) is 7. The number of nitrogens with one attached hydrogen (secondary N) is 1. The fraction of sp³-hybridized carbons (Fsp3) is 0.125. The van der Waals surface area contributed by atoms with Crippen LogP contribution in [0.5, 0.6) is 0 Å². The van der Waals surface area contributed by atoms with Gasteiger partial charge < -0.3 is 11.1 Å². The van der Waals surface area contributed by atoms with Crippen molar-refractivity contribution in [3.63, 3.8) is 0 Å². The van der Waals surface area contributed by atoms with Gasteiger partial charge in [-0.2, -0.15) is 36.5 Å². The Morgan fingerprint density at radius 1 is 0.679 bits per heavy atom. The zero-order valence-electron chi connectivity index (χ0n) is 26.6. The van der Waals surface area contributed by atoms with E-state index in [2.05, 4.69) is 15.5 Å². The van der Waals surface area contributed by atoms with E-state index in [0.29, 0.717) is 20.4 Å². The summed E-state index contributed by atoms with van der Waals surface area (Å²) in [7, 11) is 2.83. The van der Waals surface area contributed by atoms with Crippen LogP contribution >= 0.6 is 34.3 Å². The van der Waals surface area contributed by atoms with Crippen LogP contribution in [-0.4, -0.2) is 30.7 Å². The number of nitrogens with zero attached hydrogens (tertiary/aromatic N) is 4. The summed E-state index contributed by atoms with van der Waals surface area (Å²) >= 11 is 7.08. The molecule has 0 saturated heterocycles. The average Bonchev–Trinajstić information content (AvgIpc) is 3.84. The molecule has 6 rings (SSSR count). The quantitative estimate of drug-likeness (QED) is 0.133.